The minimum atomic E-state index is -0.660. The number of rotatable bonds is 9. The van der Waals surface area contributed by atoms with Gasteiger partial charge in [0.25, 0.3) is 5.91 Å². The molecule has 0 saturated heterocycles. The largest absolute Gasteiger partial charge is 0.493 e. The van der Waals surface area contributed by atoms with Crippen molar-refractivity contribution in [1.82, 2.24) is 0 Å². The molecule has 1 aromatic rings. The van der Waals surface area contributed by atoms with Crippen LogP contribution in [0.25, 0.3) is 0 Å². The molecule has 0 atom stereocenters. The van der Waals surface area contributed by atoms with E-state index in [1.165, 1.54) is 6.42 Å². The van der Waals surface area contributed by atoms with E-state index in [1.54, 1.807) is 0 Å². The Morgan fingerprint density at radius 3 is 2.27 bits per heavy atom. The summed E-state index contributed by atoms with van der Waals surface area (Å²) < 4.78 is 12.0. The monoisotopic (exact) mass is 361 g/mol. The number of ether oxygens (including phenoxy) is 2. The molecule has 1 aliphatic carbocycles. The van der Waals surface area contributed by atoms with Crippen molar-refractivity contribution in [2.45, 2.75) is 84.7 Å². The summed E-state index contributed by atoms with van der Waals surface area (Å²) in [5.41, 5.74) is 2.29. The Morgan fingerprint density at radius 1 is 1.04 bits per heavy atom. The predicted molar refractivity (Wildman–Crippen MR) is 107 cm³/mol. The summed E-state index contributed by atoms with van der Waals surface area (Å²) in [6, 6.07) is 4.01. The highest BCUT2D eigenvalue weighted by molar-refractivity contribution is 5.97. The first kappa shape index (κ1) is 20.8. The number of hydrogen-bond acceptors (Lipinski definition) is 3. The number of benzene rings is 1. The van der Waals surface area contributed by atoms with E-state index in [4.69, 9.17) is 9.47 Å². The van der Waals surface area contributed by atoms with Crippen LogP contribution in [0.4, 0.5) is 5.69 Å². The number of amides is 1. The lowest BCUT2D eigenvalue weighted by molar-refractivity contribution is -0.146. The van der Waals surface area contributed by atoms with Crippen molar-refractivity contribution in [3.8, 4) is 5.75 Å². The number of unbranched alkanes of at least 4 members (excludes halogenated alkanes) is 1. The summed E-state index contributed by atoms with van der Waals surface area (Å²) in [4.78, 5) is 13.0. The molecule has 0 aliphatic heterocycles. The van der Waals surface area contributed by atoms with E-state index >= 15 is 0 Å². The van der Waals surface area contributed by atoms with Gasteiger partial charge in [0.15, 0.2) is 0 Å². The van der Waals surface area contributed by atoms with Gasteiger partial charge in [-0.25, -0.2) is 0 Å². The SMILES string of the molecule is CCCCOc1c(C)cc(NC(=O)C2(OCCC)CCCCC2)cc1C. The van der Waals surface area contributed by atoms with Crippen molar-refractivity contribution in [2.24, 2.45) is 0 Å². The zero-order chi connectivity index (χ0) is 19.0. The Labute approximate surface area is 158 Å². The highest BCUT2D eigenvalue weighted by Gasteiger charge is 2.40. The van der Waals surface area contributed by atoms with E-state index in [0.717, 1.165) is 74.1 Å². The summed E-state index contributed by atoms with van der Waals surface area (Å²) in [5, 5.41) is 3.12. The van der Waals surface area contributed by atoms with Crippen LogP contribution in [0.2, 0.25) is 0 Å². The molecule has 0 bridgehead atoms. The molecule has 4 nitrogen and oxygen atoms in total. The second-order valence-corrected chi connectivity index (χ2v) is 7.50. The molecule has 1 fully saturated rings. The molecular weight excluding hydrogens is 326 g/mol. The molecule has 0 unspecified atom stereocenters. The maximum atomic E-state index is 13.0. The molecule has 2 rings (SSSR count). The summed E-state index contributed by atoms with van der Waals surface area (Å²) in [6.45, 7) is 9.68. The average Bonchev–Trinajstić information content (AvgIpc) is 2.63. The van der Waals surface area contributed by atoms with E-state index in [0.29, 0.717) is 6.61 Å². The Bertz CT molecular complexity index is 568. The second-order valence-electron chi connectivity index (χ2n) is 7.50. The molecular formula is C22H35NO3. The Kier molecular flexibility index (Phi) is 7.95. The fourth-order valence-electron chi connectivity index (χ4n) is 3.67. The van der Waals surface area contributed by atoms with Crippen molar-refractivity contribution < 1.29 is 14.3 Å². The quantitative estimate of drug-likeness (QED) is 0.587. The van der Waals surface area contributed by atoms with Crippen LogP contribution >= 0.6 is 0 Å². The van der Waals surface area contributed by atoms with Crippen molar-refractivity contribution >= 4 is 11.6 Å². The number of carbonyl (C=O) groups excluding carboxylic acids is 1. The van der Waals surface area contributed by atoms with Crippen molar-refractivity contribution in [3.05, 3.63) is 23.3 Å². The van der Waals surface area contributed by atoms with Crippen LogP contribution in [0.5, 0.6) is 5.75 Å². The van der Waals surface area contributed by atoms with E-state index < -0.39 is 5.60 Å². The molecule has 1 amide bonds. The van der Waals surface area contributed by atoms with Gasteiger partial charge in [0.1, 0.15) is 11.4 Å². The third-order valence-corrected chi connectivity index (χ3v) is 5.12. The van der Waals surface area contributed by atoms with Gasteiger partial charge in [0.05, 0.1) is 6.61 Å². The van der Waals surface area contributed by atoms with E-state index in [-0.39, 0.29) is 5.91 Å². The Balaban J connectivity index is 2.11. The molecule has 26 heavy (non-hydrogen) atoms. The molecule has 0 spiro atoms. The third kappa shape index (κ3) is 5.23. The van der Waals surface area contributed by atoms with Crippen LogP contribution in [0.15, 0.2) is 12.1 Å². The van der Waals surface area contributed by atoms with E-state index in [1.807, 2.05) is 26.0 Å². The molecule has 1 saturated carbocycles. The summed E-state index contributed by atoms with van der Waals surface area (Å²) in [7, 11) is 0. The number of anilines is 1. The fraction of sp³-hybridized carbons (Fsp3) is 0.682. The Hall–Kier alpha value is -1.55. The van der Waals surface area contributed by atoms with Crippen LogP contribution < -0.4 is 10.1 Å². The third-order valence-electron chi connectivity index (χ3n) is 5.12. The van der Waals surface area contributed by atoms with Gasteiger partial charge in [-0.05, 0) is 62.8 Å². The van der Waals surface area contributed by atoms with Gasteiger partial charge in [0, 0.05) is 12.3 Å². The average molecular weight is 362 g/mol. The number of nitrogens with one attached hydrogen (secondary N) is 1. The summed E-state index contributed by atoms with van der Waals surface area (Å²) in [6.07, 6.45) is 8.02. The van der Waals surface area contributed by atoms with Gasteiger partial charge in [-0.3, -0.25) is 4.79 Å². The maximum absolute atomic E-state index is 13.0. The minimum Gasteiger partial charge on any atom is -0.493 e. The number of hydrogen-bond donors (Lipinski definition) is 1. The van der Waals surface area contributed by atoms with Gasteiger partial charge >= 0.3 is 0 Å². The zero-order valence-corrected chi connectivity index (χ0v) is 17.0. The summed E-state index contributed by atoms with van der Waals surface area (Å²) >= 11 is 0. The van der Waals surface area contributed by atoms with Crippen LogP contribution in [-0.4, -0.2) is 24.7 Å². The molecule has 1 aliphatic rings. The van der Waals surface area contributed by atoms with Gasteiger partial charge in [-0.1, -0.05) is 39.5 Å². The normalized spacial score (nSPS) is 16.3. The van der Waals surface area contributed by atoms with Crippen molar-refractivity contribution in [1.29, 1.82) is 0 Å². The lowest BCUT2D eigenvalue weighted by Crippen LogP contribution is -2.47. The first-order valence-electron chi connectivity index (χ1n) is 10.2. The van der Waals surface area contributed by atoms with Crippen LogP contribution in [0, 0.1) is 13.8 Å². The van der Waals surface area contributed by atoms with Crippen molar-refractivity contribution in [3.63, 3.8) is 0 Å². The first-order valence-corrected chi connectivity index (χ1v) is 10.2. The van der Waals surface area contributed by atoms with Crippen LogP contribution in [0.3, 0.4) is 0 Å². The van der Waals surface area contributed by atoms with Gasteiger partial charge in [-0.15, -0.1) is 0 Å². The number of aryl methyl sites for hydroxylation is 2. The lowest BCUT2D eigenvalue weighted by Gasteiger charge is -2.35. The highest BCUT2D eigenvalue weighted by Crippen LogP contribution is 2.34. The standard InChI is InChI=1S/C22H35NO3/c1-5-7-14-25-20-17(3)15-19(16-18(20)4)23-21(24)22(26-13-6-2)11-9-8-10-12-22/h15-16H,5-14H2,1-4H3,(H,23,24). The molecule has 0 heterocycles. The van der Waals surface area contributed by atoms with Gasteiger partial charge in [-0.2, -0.15) is 0 Å². The molecule has 1 aromatic carbocycles. The van der Waals surface area contributed by atoms with Gasteiger partial charge < -0.3 is 14.8 Å². The van der Waals surface area contributed by atoms with E-state index in [2.05, 4.69) is 19.2 Å². The maximum Gasteiger partial charge on any atom is 0.256 e. The Morgan fingerprint density at radius 2 is 1.69 bits per heavy atom. The predicted octanol–water partition coefficient (Wildman–Crippen LogP) is 5.55. The lowest BCUT2D eigenvalue weighted by atomic mass is 9.83. The number of carbonyl (C=O) groups is 1. The van der Waals surface area contributed by atoms with Crippen LogP contribution in [0.1, 0.15) is 76.3 Å². The zero-order valence-electron chi connectivity index (χ0n) is 17.0. The first-order chi connectivity index (χ1) is 12.5. The highest BCUT2D eigenvalue weighted by atomic mass is 16.5. The molecule has 0 radical (unpaired) electrons. The fourth-order valence-corrected chi connectivity index (χ4v) is 3.67. The minimum absolute atomic E-state index is 0.00380. The van der Waals surface area contributed by atoms with E-state index in [9.17, 15) is 4.79 Å². The summed E-state index contributed by atoms with van der Waals surface area (Å²) in [5.74, 6) is 0.940. The van der Waals surface area contributed by atoms with Crippen molar-refractivity contribution in [2.75, 3.05) is 18.5 Å². The van der Waals surface area contributed by atoms with Crippen LogP contribution in [-0.2, 0) is 9.53 Å². The molecule has 4 heteroatoms. The van der Waals surface area contributed by atoms with Gasteiger partial charge in [0.2, 0.25) is 0 Å². The molecule has 1 N–H and O–H groups in total. The smallest absolute Gasteiger partial charge is 0.256 e. The molecule has 0 aromatic heterocycles. The molecule has 146 valence electrons. The second kappa shape index (κ2) is 9.96. The topological polar surface area (TPSA) is 47.6 Å².